The lowest BCUT2D eigenvalue weighted by molar-refractivity contribution is 0.0971. The van der Waals surface area contributed by atoms with Gasteiger partial charge in [0.2, 0.25) is 5.76 Å². The number of aryl methyl sites for hydroxylation is 2. The highest BCUT2D eigenvalue weighted by Crippen LogP contribution is 2.41. The maximum Gasteiger partial charge on any atom is 0.295 e. The van der Waals surface area contributed by atoms with Crippen LogP contribution in [0.5, 0.6) is 5.75 Å². The number of anilines is 1. The zero-order valence-electron chi connectivity index (χ0n) is 20.6. The molecule has 0 aliphatic carbocycles. The molecule has 2 heterocycles. The molecule has 0 N–H and O–H groups in total. The van der Waals surface area contributed by atoms with Crippen molar-refractivity contribution < 1.29 is 18.3 Å². The van der Waals surface area contributed by atoms with Gasteiger partial charge in [-0.05, 0) is 85.5 Å². The Morgan fingerprint density at radius 3 is 2.33 bits per heavy atom. The van der Waals surface area contributed by atoms with E-state index in [1.165, 1.54) is 29.2 Å². The van der Waals surface area contributed by atoms with E-state index in [1.807, 2.05) is 44.2 Å². The Labute approximate surface area is 209 Å². The molecule has 184 valence electrons. The van der Waals surface area contributed by atoms with Crippen LogP contribution in [0.3, 0.4) is 0 Å². The van der Waals surface area contributed by atoms with Crippen LogP contribution in [0.4, 0.5) is 10.1 Å². The van der Waals surface area contributed by atoms with Crippen LogP contribution in [0.2, 0.25) is 0 Å². The van der Waals surface area contributed by atoms with Gasteiger partial charge in [0, 0.05) is 5.69 Å². The van der Waals surface area contributed by atoms with Gasteiger partial charge in [-0.1, -0.05) is 31.9 Å². The number of carbonyl (C=O) groups excluding carboxylic acids is 1. The van der Waals surface area contributed by atoms with E-state index in [0.29, 0.717) is 23.3 Å². The second-order valence-corrected chi connectivity index (χ2v) is 9.29. The summed E-state index contributed by atoms with van der Waals surface area (Å²) in [5, 5.41) is 0.437. The molecule has 1 aromatic heterocycles. The molecule has 1 atom stereocenters. The number of halogens is 1. The first-order valence-corrected chi connectivity index (χ1v) is 12.3. The maximum atomic E-state index is 13.8. The van der Waals surface area contributed by atoms with Crippen LogP contribution in [0.25, 0.3) is 11.0 Å². The number of fused-ring (bicyclic) bond motifs is 2. The predicted octanol–water partition coefficient (Wildman–Crippen LogP) is 6.87. The van der Waals surface area contributed by atoms with Crippen molar-refractivity contribution in [2.24, 2.45) is 0 Å². The van der Waals surface area contributed by atoms with Crippen molar-refractivity contribution in [3.05, 3.63) is 105 Å². The first-order chi connectivity index (χ1) is 17.4. The molecule has 0 fully saturated rings. The lowest BCUT2D eigenvalue weighted by Crippen LogP contribution is -2.29. The summed E-state index contributed by atoms with van der Waals surface area (Å²) in [6.45, 7) is 6.65. The molecule has 1 unspecified atom stereocenters. The summed E-state index contributed by atoms with van der Waals surface area (Å²) in [6, 6.07) is 16.0. The van der Waals surface area contributed by atoms with E-state index in [4.69, 9.17) is 9.15 Å². The largest absolute Gasteiger partial charge is 0.494 e. The minimum Gasteiger partial charge on any atom is -0.494 e. The minimum atomic E-state index is -0.714. The molecule has 0 bridgehead atoms. The number of benzene rings is 3. The van der Waals surface area contributed by atoms with Crippen molar-refractivity contribution in [1.82, 2.24) is 0 Å². The molecule has 0 saturated heterocycles. The van der Waals surface area contributed by atoms with Gasteiger partial charge in [0.05, 0.1) is 23.6 Å². The summed E-state index contributed by atoms with van der Waals surface area (Å²) in [4.78, 5) is 29.0. The van der Waals surface area contributed by atoms with Crippen molar-refractivity contribution in [2.75, 3.05) is 11.5 Å². The Bertz CT molecular complexity index is 1490. The molecule has 1 aliphatic heterocycles. The van der Waals surface area contributed by atoms with E-state index in [0.717, 1.165) is 41.7 Å². The molecular formula is C30H28FNO4. The highest BCUT2D eigenvalue weighted by Gasteiger charge is 2.43. The van der Waals surface area contributed by atoms with Crippen molar-refractivity contribution in [3.63, 3.8) is 0 Å². The van der Waals surface area contributed by atoms with Gasteiger partial charge in [0.15, 0.2) is 5.43 Å². The summed E-state index contributed by atoms with van der Waals surface area (Å²) in [6.07, 6.45) is 3.20. The third-order valence-corrected chi connectivity index (χ3v) is 6.80. The van der Waals surface area contributed by atoms with Crippen LogP contribution in [-0.2, 0) is 0 Å². The lowest BCUT2D eigenvalue weighted by Gasteiger charge is -2.25. The Hall–Kier alpha value is -3.93. The Kier molecular flexibility index (Phi) is 6.35. The quantitative estimate of drug-likeness (QED) is 0.268. The molecule has 36 heavy (non-hydrogen) atoms. The second kappa shape index (κ2) is 9.61. The van der Waals surface area contributed by atoms with E-state index in [9.17, 15) is 14.0 Å². The molecular weight excluding hydrogens is 457 g/mol. The lowest BCUT2D eigenvalue weighted by atomic mass is 9.97. The number of nitrogens with zero attached hydrogens (tertiary/aromatic N) is 1. The molecule has 3 aromatic carbocycles. The Morgan fingerprint density at radius 1 is 0.944 bits per heavy atom. The second-order valence-electron chi connectivity index (χ2n) is 9.29. The van der Waals surface area contributed by atoms with Gasteiger partial charge in [-0.25, -0.2) is 4.39 Å². The molecule has 6 heteroatoms. The van der Waals surface area contributed by atoms with Gasteiger partial charge in [0.1, 0.15) is 17.1 Å². The predicted molar refractivity (Wildman–Crippen MR) is 138 cm³/mol. The van der Waals surface area contributed by atoms with Crippen molar-refractivity contribution >= 4 is 22.6 Å². The first kappa shape index (κ1) is 23.8. The number of rotatable bonds is 7. The summed E-state index contributed by atoms with van der Waals surface area (Å²) < 4.78 is 25.6. The number of hydrogen-bond acceptors (Lipinski definition) is 4. The molecule has 0 radical (unpaired) electrons. The summed E-state index contributed by atoms with van der Waals surface area (Å²) >= 11 is 0. The number of amides is 1. The van der Waals surface area contributed by atoms with E-state index in [2.05, 4.69) is 6.92 Å². The number of ether oxygens (including phenoxy) is 1. The van der Waals surface area contributed by atoms with Gasteiger partial charge < -0.3 is 9.15 Å². The van der Waals surface area contributed by atoms with E-state index in [1.54, 1.807) is 6.07 Å². The molecule has 5 nitrogen and oxygen atoms in total. The zero-order chi connectivity index (χ0) is 25.4. The van der Waals surface area contributed by atoms with Crippen LogP contribution < -0.4 is 15.1 Å². The normalized spacial score (nSPS) is 14.9. The average Bonchev–Trinajstić information content (AvgIpc) is 3.16. The fraction of sp³-hybridized carbons (Fsp3) is 0.267. The van der Waals surface area contributed by atoms with Gasteiger partial charge in [-0.2, -0.15) is 0 Å². The minimum absolute atomic E-state index is 0.0185. The van der Waals surface area contributed by atoms with Crippen molar-refractivity contribution in [1.29, 1.82) is 0 Å². The van der Waals surface area contributed by atoms with Gasteiger partial charge >= 0.3 is 0 Å². The zero-order valence-corrected chi connectivity index (χ0v) is 20.6. The third kappa shape index (κ3) is 4.17. The molecule has 5 rings (SSSR count). The van der Waals surface area contributed by atoms with Crippen LogP contribution in [-0.4, -0.2) is 12.5 Å². The van der Waals surface area contributed by atoms with Gasteiger partial charge in [-0.15, -0.1) is 0 Å². The van der Waals surface area contributed by atoms with E-state index >= 15 is 0 Å². The molecule has 0 saturated carbocycles. The first-order valence-electron chi connectivity index (χ1n) is 12.3. The summed E-state index contributed by atoms with van der Waals surface area (Å²) in [5.74, 6) is -0.0944. The highest BCUT2D eigenvalue weighted by molar-refractivity contribution is 6.10. The number of carbonyl (C=O) groups is 1. The van der Waals surface area contributed by atoms with Crippen molar-refractivity contribution in [3.8, 4) is 5.75 Å². The smallest absolute Gasteiger partial charge is 0.295 e. The van der Waals surface area contributed by atoms with Crippen LogP contribution in [0.15, 0.2) is 69.9 Å². The summed E-state index contributed by atoms with van der Waals surface area (Å²) in [7, 11) is 0. The fourth-order valence-electron chi connectivity index (χ4n) is 4.70. The maximum absolute atomic E-state index is 13.8. The van der Waals surface area contributed by atoms with Crippen LogP contribution in [0, 0.1) is 19.7 Å². The third-order valence-electron chi connectivity index (χ3n) is 6.80. The van der Waals surface area contributed by atoms with Crippen LogP contribution >= 0.6 is 0 Å². The van der Waals surface area contributed by atoms with Crippen molar-refractivity contribution in [2.45, 2.75) is 46.1 Å². The van der Waals surface area contributed by atoms with Crippen LogP contribution in [0.1, 0.15) is 65.0 Å². The molecule has 1 aliphatic rings. The molecule has 0 spiro atoms. The fourth-order valence-corrected chi connectivity index (χ4v) is 4.70. The average molecular weight is 486 g/mol. The van der Waals surface area contributed by atoms with E-state index in [-0.39, 0.29) is 16.8 Å². The van der Waals surface area contributed by atoms with Gasteiger partial charge in [-0.3, -0.25) is 14.5 Å². The topological polar surface area (TPSA) is 59.8 Å². The molecule has 4 aromatic rings. The highest BCUT2D eigenvalue weighted by atomic mass is 19.1. The monoisotopic (exact) mass is 485 g/mol. The Morgan fingerprint density at radius 2 is 1.64 bits per heavy atom. The number of unbranched alkanes of at least 4 members (excludes halogenated alkanes) is 2. The standard InChI is InChI=1S/C30H28FNO4/c1-4-5-6-15-35-23-13-7-20(8-14-23)27-26-28(33)24-16-18(2)19(3)17-25(24)36-29(26)30(34)32(27)22-11-9-21(31)10-12-22/h7-14,16-17,27H,4-6,15H2,1-3H3. The Balaban J connectivity index is 1.64. The van der Waals surface area contributed by atoms with Gasteiger partial charge in [0.25, 0.3) is 5.91 Å². The molecule has 1 amide bonds. The summed E-state index contributed by atoms with van der Waals surface area (Å²) in [5.41, 5.74) is 3.59. The SMILES string of the molecule is CCCCCOc1ccc(C2c3c(oc4cc(C)c(C)cc4c3=O)C(=O)N2c2ccc(F)cc2)cc1. The number of hydrogen-bond donors (Lipinski definition) is 0. The van der Waals surface area contributed by atoms with E-state index < -0.39 is 17.8 Å².